The molecule has 1 N–H and O–H groups in total. The number of carbonyl (C=O) groups is 1. The van der Waals surface area contributed by atoms with Crippen LogP contribution in [0.1, 0.15) is 25.3 Å². The predicted octanol–water partition coefficient (Wildman–Crippen LogP) is 4.71. The Kier molecular flexibility index (Phi) is 6.02. The first kappa shape index (κ1) is 19.1. The van der Waals surface area contributed by atoms with Gasteiger partial charge in [0.05, 0.1) is 17.1 Å². The number of carbonyl (C=O) groups excluding carboxylic acids is 1. The second-order valence-electron chi connectivity index (χ2n) is 6.21. The molecule has 1 aromatic heterocycles. The van der Waals surface area contributed by atoms with Gasteiger partial charge in [-0.3, -0.25) is 4.79 Å². The maximum atomic E-state index is 12.0. The van der Waals surface area contributed by atoms with Gasteiger partial charge in [-0.25, -0.2) is 0 Å². The van der Waals surface area contributed by atoms with Gasteiger partial charge in [-0.1, -0.05) is 31.5 Å². The van der Waals surface area contributed by atoms with Crippen LogP contribution < -0.4 is 4.74 Å². The Morgan fingerprint density at radius 1 is 1.21 bits per heavy atom. The van der Waals surface area contributed by atoms with Gasteiger partial charge in [0.15, 0.2) is 12.3 Å². The van der Waals surface area contributed by atoms with Crippen LogP contribution in [-0.4, -0.2) is 22.2 Å². The van der Waals surface area contributed by atoms with Crippen LogP contribution >= 0.6 is 0 Å². The smallest absolute Gasteiger partial charge is 0.302 e. The van der Waals surface area contributed by atoms with Gasteiger partial charge >= 0.3 is 5.91 Å². The summed E-state index contributed by atoms with van der Waals surface area (Å²) in [5.41, 5.74) is 1.63. The van der Waals surface area contributed by atoms with E-state index in [0.29, 0.717) is 17.9 Å². The average molecular weight is 376 g/mol. The first-order valence-corrected chi connectivity index (χ1v) is 9.01. The van der Waals surface area contributed by atoms with Gasteiger partial charge in [0, 0.05) is 11.9 Å². The quantitative estimate of drug-likeness (QED) is 0.604. The highest BCUT2D eigenvalue weighted by molar-refractivity contribution is 5.95. The van der Waals surface area contributed by atoms with Crippen LogP contribution in [0, 0.1) is 11.3 Å². The molecule has 7 heteroatoms. The lowest BCUT2D eigenvalue weighted by Crippen LogP contribution is -2.07. The number of nitrogens with zero attached hydrogens (tertiary/aromatic N) is 4. The number of aromatic nitrogens is 1. The SMILES string of the molecule is CCCCn1c(O)c(N=NC(=O)COc2ccc(C#N)cc2)c2ccccc21. The van der Waals surface area contributed by atoms with Gasteiger partial charge in [0.1, 0.15) is 5.75 Å². The van der Waals surface area contributed by atoms with E-state index in [0.717, 1.165) is 23.7 Å². The highest BCUT2D eigenvalue weighted by Gasteiger charge is 2.16. The Labute approximate surface area is 162 Å². The van der Waals surface area contributed by atoms with Crippen molar-refractivity contribution in [3.8, 4) is 17.7 Å². The number of benzene rings is 2. The molecule has 1 heterocycles. The predicted molar refractivity (Wildman–Crippen MR) is 105 cm³/mol. The number of nitriles is 1. The number of azo groups is 1. The normalized spacial score (nSPS) is 11.0. The molecule has 3 rings (SSSR count). The standard InChI is InChI=1S/C21H20N4O3/c1-2-3-12-25-18-7-5-4-6-17(18)20(21(25)27)24-23-19(26)14-28-16-10-8-15(13-22)9-11-16/h4-11,27H,2-3,12,14H2,1H3. The van der Waals surface area contributed by atoms with Crippen molar-refractivity contribution < 1.29 is 14.6 Å². The molecule has 0 spiro atoms. The average Bonchev–Trinajstić information content (AvgIpc) is 3.00. The van der Waals surface area contributed by atoms with Gasteiger partial charge in [-0.15, -0.1) is 10.2 Å². The van der Waals surface area contributed by atoms with Gasteiger partial charge in [-0.2, -0.15) is 5.26 Å². The topological polar surface area (TPSA) is 100.0 Å². The second kappa shape index (κ2) is 8.82. The fourth-order valence-corrected chi connectivity index (χ4v) is 2.82. The number of aryl methyl sites for hydroxylation is 1. The summed E-state index contributed by atoms with van der Waals surface area (Å²) in [5.74, 6) is -0.116. The second-order valence-corrected chi connectivity index (χ2v) is 6.21. The minimum absolute atomic E-state index is 0.000731. The highest BCUT2D eigenvalue weighted by Crippen LogP contribution is 2.38. The number of fused-ring (bicyclic) bond motifs is 1. The lowest BCUT2D eigenvalue weighted by Gasteiger charge is -2.05. The maximum absolute atomic E-state index is 12.0. The molecular weight excluding hydrogens is 356 g/mol. The largest absolute Gasteiger partial charge is 0.493 e. The van der Waals surface area contributed by atoms with E-state index in [4.69, 9.17) is 10.00 Å². The van der Waals surface area contributed by atoms with Crippen molar-refractivity contribution in [2.75, 3.05) is 6.61 Å². The van der Waals surface area contributed by atoms with Crippen molar-refractivity contribution in [3.63, 3.8) is 0 Å². The van der Waals surface area contributed by atoms with Crippen molar-refractivity contribution in [1.82, 2.24) is 4.57 Å². The highest BCUT2D eigenvalue weighted by atomic mass is 16.5. The first-order chi connectivity index (χ1) is 13.6. The van der Waals surface area contributed by atoms with E-state index >= 15 is 0 Å². The van der Waals surface area contributed by atoms with Crippen molar-refractivity contribution in [3.05, 3.63) is 54.1 Å². The number of aromatic hydroxyl groups is 1. The third-order valence-electron chi connectivity index (χ3n) is 4.26. The Morgan fingerprint density at radius 2 is 1.96 bits per heavy atom. The molecule has 0 unspecified atom stereocenters. The molecule has 0 aliphatic heterocycles. The zero-order chi connectivity index (χ0) is 19.9. The summed E-state index contributed by atoms with van der Waals surface area (Å²) in [7, 11) is 0. The van der Waals surface area contributed by atoms with Crippen molar-refractivity contribution >= 4 is 22.5 Å². The number of rotatable bonds is 7. The minimum Gasteiger partial charge on any atom is -0.493 e. The third-order valence-corrected chi connectivity index (χ3v) is 4.26. The summed E-state index contributed by atoms with van der Waals surface area (Å²) in [5, 5.41) is 27.7. The van der Waals surface area contributed by atoms with Gasteiger partial charge in [0.25, 0.3) is 0 Å². The summed E-state index contributed by atoms with van der Waals surface area (Å²) < 4.78 is 7.13. The molecule has 0 aliphatic carbocycles. The molecule has 0 bridgehead atoms. The molecule has 0 atom stereocenters. The van der Waals surface area contributed by atoms with Gasteiger partial charge in [0.2, 0.25) is 5.88 Å². The zero-order valence-corrected chi connectivity index (χ0v) is 15.5. The molecule has 3 aromatic rings. The first-order valence-electron chi connectivity index (χ1n) is 9.01. The van der Waals surface area contributed by atoms with E-state index in [1.807, 2.05) is 30.3 Å². The Hall–Kier alpha value is -3.66. The molecule has 0 radical (unpaired) electrons. The Bertz CT molecular complexity index is 1050. The lowest BCUT2D eigenvalue weighted by molar-refractivity contribution is -0.120. The van der Waals surface area contributed by atoms with Crippen LogP contribution in [0.25, 0.3) is 10.9 Å². The van der Waals surface area contributed by atoms with E-state index in [1.54, 1.807) is 28.8 Å². The summed E-state index contributed by atoms with van der Waals surface area (Å²) in [6, 6.07) is 15.9. The number of hydrogen-bond acceptors (Lipinski definition) is 5. The van der Waals surface area contributed by atoms with E-state index in [9.17, 15) is 9.90 Å². The number of ether oxygens (including phenoxy) is 1. The molecular formula is C21H20N4O3. The number of para-hydroxylation sites is 1. The van der Waals surface area contributed by atoms with Crippen LogP contribution in [0.4, 0.5) is 5.69 Å². The summed E-state index contributed by atoms with van der Waals surface area (Å²) in [6.45, 7) is 2.45. The monoisotopic (exact) mass is 376 g/mol. The molecule has 2 aromatic carbocycles. The molecule has 1 amide bonds. The molecule has 0 saturated carbocycles. The summed E-state index contributed by atoms with van der Waals surface area (Å²) in [4.78, 5) is 12.0. The fraction of sp³-hybridized carbons (Fsp3) is 0.238. The molecule has 7 nitrogen and oxygen atoms in total. The molecule has 0 fully saturated rings. The lowest BCUT2D eigenvalue weighted by atomic mass is 10.2. The van der Waals surface area contributed by atoms with E-state index in [-0.39, 0.29) is 18.2 Å². The molecule has 28 heavy (non-hydrogen) atoms. The number of hydrogen-bond donors (Lipinski definition) is 1. The Balaban J connectivity index is 1.74. The van der Waals surface area contributed by atoms with Crippen LogP contribution in [-0.2, 0) is 11.3 Å². The molecule has 142 valence electrons. The fourth-order valence-electron chi connectivity index (χ4n) is 2.82. The number of amides is 1. The third kappa shape index (κ3) is 4.18. The van der Waals surface area contributed by atoms with Crippen LogP contribution in [0.15, 0.2) is 58.8 Å². The van der Waals surface area contributed by atoms with E-state index in [2.05, 4.69) is 17.2 Å². The van der Waals surface area contributed by atoms with Crippen LogP contribution in [0.3, 0.4) is 0 Å². The number of unbranched alkanes of at least 4 members (excludes halogenated alkanes) is 1. The van der Waals surface area contributed by atoms with Crippen molar-refractivity contribution in [2.45, 2.75) is 26.3 Å². The van der Waals surface area contributed by atoms with Crippen LogP contribution in [0.2, 0.25) is 0 Å². The molecule has 0 saturated heterocycles. The zero-order valence-electron chi connectivity index (χ0n) is 15.5. The van der Waals surface area contributed by atoms with Gasteiger partial charge in [-0.05, 0) is 36.8 Å². The maximum Gasteiger partial charge on any atom is 0.302 e. The van der Waals surface area contributed by atoms with E-state index in [1.165, 1.54) is 0 Å². The Morgan fingerprint density at radius 3 is 2.68 bits per heavy atom. The van der Waals surface area contributed by atoms with Crippen molar-refractivity contribution in [2.24, 2.45) is 10.2 Å². The van der Waals surface area contributed by atoms with Gasteiger partial charge < -0.3 is 14.4 Å². The van der Waals surface area contributed by atoms with Crippen LogP contribution in [0.5, 0.6) is 11.6 Å². The summed E-state index contributed by atoms with van der Waals surface area (Å²) >= 11 is 0. The van der Waals surface area contributed by atoms with E-state index < -0.39 is 5.91 Å². The van der Waals surface area contributed by atoms with Crippen molar-refractivity contribution in [1.29, 1.82) is 5.26 Å². The summed E-state index contributed by atoms with van der Waals surface area (Å²) in [6.07, 6.45) is 1.91. The molecule has 0 aliphatic rings. The minimum atomic E-state index is -0.575.